The molecule has 0 radical (unpaired) electrons. The van der Waals surface area contributed by atoms with E-state index in [2.05, 4.69) is 4.90 Å². The monoisotopic (exact) mass is 419 g/mol. The van der Waals surface area contributed by atoms with E-state index in [1.165, 1.54) is 4.31 Å². The van der Waals surface area contributed by atoms with Crippen LogP contribution in [0.4, 0.5) is 11.4 Å². The molecule has 2 aliphatic heterocycles. The fourth-order valence-corrected chi connectivity index (χ4v) is 5.56. The van der Waals surface area contributed by atoms with Crippen molar-refractivity contribution in [3.05, 3.63) is 59.1 Å². The average Bonchev–Trinajstić information content (AvgIpc) is 3.07. The highest BCUT2D eigenvalue weighted by Gasteiger charge is 2.29. The fraction of sp³-hybridized carbons (Fsp3) is 0.350. The van der Waals surface area contributed by atoms with Gasteiger partial charge in [0.2, 0.25) is 10.0 Å². The van der Waals surface area contributed by atoms with Crippen LogP contribution in [0.25, 0.3) is 0 Å². The molecule has 2 aromatic carbocycles. The van der Waals surface area contributed by atoms with Crippen LogP contribution in [0, 0.1) is 0 Å². The first-order valence-electron chi connectivity index (χ1n) is 9.35. The number of rotatable bonds is 3. The number of anilines is 2. The molecule has 2 saturated heterocycles. The molecule has 8 heteroatoms. The maximum atomic E-state index is 12.8. The van der Waals surface area contributed by atoms with Gasteiger partial charge in [-0.15, -0.1) is 0 Å². The lowest BCUT2D eigenvalue weighted by Crippen LogP contribution is -2.48. The number of hydrogen-bond acceptors (Lipinski definition) is 4. The molecule has 0 unspecified atom stereocenters. The lowest BCUT2D eigenvalue weighted by Gasteiger charge is -2.36. The van der Waals surface area contributed by atoms with Crippen LogP contribution in [0.15, 0.2) is 48.5 Å². The highest BCUT2D eigenvalue weighted by molar-refractivity contribution is 7.93. The van der Waals surface area contributed by atoms with Crippen molar-refractivity contribution >= 4 is 38.9 Å². The van der Waals surface area contributed by atoms with E-state index in [1.54, 1.807) is 24.3 Å². The molecule has 0 bridgehead atoms. The number of para-hydroxylation sites is 1. The van der Waals surface area contributed by atoms with Crippen molar-refractivity contribution in [1.29, 1.82) is 0 Å². The van der Waals surface area contributed by atoms with E-state index in [0.29, 0.717) is 37.3 Å². The molecule has 148 valence electrons. The van der Waals surface area contributed by atoms with E-state index >= 15 is 0 Å². The van der Waals surface area contributed by atoms with Gasteiger partial charge in [-0.1, -0.05) is 23.7 Å². The lowest BCUT2D eigenvalue weighted by atomic mass is 10.1. The Balaban J connectivity index is 1.41. The summed E-state index contributed by atoms with van der Waals surface area (Å²) in [6.07, 6.45) is 0.638. The Labute approximate surface area is 170 Å². The van der Waals surface area contributed by atoms with Gasteiger partial charge in [-0.05, 0) is 42.8 Å². The van der Waals surface area contributed by atoms with Crippen LogP contribution in [0.5, 0.6) is 0 Å². The molecule has 0 aliphatic carbocycles. The SMILES string of the molecule is O=C(c1ccc(N2CCCS2(=O)=O)cc1)N1CCN(c2ccccc2Cl)CC1. The van der Waals surface area contributed by atoms with Gasteiger partial charge in [0.25, 0.3) is 5.91 Å². The van der Waals surface area contributed by atoms with Crippen molar-refractivity contribution < 1.29 is 13.2 Å². The van der Waals surface area contributed by atoms with Crippen LogP contribution in [0.3, 0.4) is 0 Å². The minimum Gasteiger partial charge on any atom is -0.367 e. The summed E-state index contributed by atoms with van der Waals surface area (Å²) in [5.74, 6) is 0.151. The van der Waals surface area contributed by atoms with Crippen LogP contribution in [-0.2, 0) is 10.0 Å². The van der Waals surface area contributed by atoms with Gasteiger partial charge in [0.1, 0.15) is 0 Å². The first kappa shape index (κ1) is 19.1. The van der Waals surface area contributed by atoms with Gasteiger partial charge in [0.05, 0.1) is 22.2 Å². The first-order valence-corrected chi connectivity index (χ1v) is 11.3. The van der Waals surface area contributed by atoms with Gasteiger partial charge < -0.3 is 9.80 Å². The Hall–Kier alpha value is -2.25. The molecule has 0 spiro atoms. The number of benzene rings is 2. The number of hydrogen-bond donors (Lipinski definition) is 0. The first-order chi connectivity index (χ1) is 13.5. The van der Waals surface area contributed by atoms with Crippen molar-refractivity contribution in [2.24, 2.45) is 0 Å². The number of halogens is 1. The van der Waals surface area contributed by atoms with Crippen LogP contribution in [-0.4, -0.2) is 57.7 Å². The molecule has 28 heavy (non-hydrogen) atoms. The van der Waals surface area contributed by atoms with E-state index in [0.717, 1.165) is 23.8 Å². The fourth-order valence-electron chi connectivity index (χ4n) is 3.74. The third-order valence-corrected chi connectivity index (χ3v) is 7.45. The van der Waals surface area contributed by atoms with E-state index in [4.69, 9.17) is 11.6 Å². The molecule has 1 amide bonds. The second kappa shape index (κ2) is 7.64. The van der Waals surface area contributed by atoms with Gasteiger partial charge in [0, 0.05) is 38.3 Å². The number of amides is 1. The van der Waals surface area contributed by atoms with Crippen LogP contribution >= 0.6 is 11.6 Å². The topological polar surface area (TPSA) is 60.9 Å². The molecule has 4 rings (SSSR count). The molecular weight excluding hydrogens is 398 g/mol. The summed E-state index contributed by atoms with van der Waals surface area (Å²) in [4.78, 5) is 16.8. The van der Waals surface area contributed by atoms with Gasteiger partial charge in [-0.25, -0.2) is 8.42 Å². The predicted molar refractivity (Wildman–Crippen MR) is 112 cm³/mol. The zero-order chi connectivity index (χ0) is 19.7. The summed E-state index contributed by atoms with van der Waals surface area (Å²) in [7, 11) is -3.21. The number of carbonyl (C=O) groups is 1. The number of nitrogens with zero attached hydrogens (tertiary/aromatic N) is 3. The quantitative estimate of drug-likeness (QED) is 0.767. The molecule has 0 N–H and O–H groups in total. The third kappa shape index (κ3) is 3.69. The van der Waals surface area contributed by atoms with Crippen LogP contribution in [0.1, 0.15) is 16.8 Å². The Bertz CT molecular complexity index is 970. The zero-order valence-electron chi connectivity index (χ0n) is 15.4. The molecule has 0 saturated carbocycles. The van der Waals surface area contributed by atoms with Crippen molar-refractivity contribution in [3.8, 4) is 0 Å². The van der Waals surface area contributed by atoms with E-state index in [-0.39, 0.29) is 11.7 Å². The summed E-state index contributed by atoms with van der Waals surface area (Å²) in [5, 5.41) is 0.717. The highest BCUT2D eigenvalue weighted by Crippen LogP contribution is 2.27. The molecule has 2 aromatic rings. The second-order valence-electron chi connectivity index (χ2n) is 7.02. The maximum Gasteiger partial charge on any atom is 0.253 e. The largest absolute Gasteiger partial charge is 0.367 e. The number of piperazine rings is 1. The summed E-state index contributed by atoms with van der Waals surface area (Å²) >= 11 is 6.27. The van der Waals surface area contributed by atoms with E-state index in [1.807, 2.05) is 29.2 Å². The maximum absolute atomic E-state index is 12.8. The summed E-state index contributed by atoms with van der Waals surface area (Å²) in [6.45, 7) is 3.18. The molecule has 2 aliphatic rings. The summed E-state index contributed by atoms with van der Waals surface area (Å²) in [6, 6.07) is 14.6. The van der Waals surface area contributed by atoms with Gasteiger partial charge in [-0.2, -0.15) is 0 Å². The summed E-state index contributed by atoms with van der Waals surface area (Å²) < 4.78 is 25.5. The molecular formula is C20H22ClN3O3S. The normalized spacial score (nSPS) is 19.1. The van der Waals surface area contributed by atoms with Gasteiger partial charge in [-0.3, -0.25) is 9.10 Å². The standard InChI is InChI=1S/C20H22ClN3O3S/c21-18-4-1-2-5-19(18)22-11-13-23(14-12-22)20(25)16-6-8-17(9-7-16)24-10-3-15-28(24,26)27/h1-2,4-9H,3,10-15H2. The Morgan fingerprint density at radius 3 is 2.18 bits per heavy atom. The Morgan fingerprint density at radius 1 is 0.893 bits per heavy atom. The van der Waals surface area contributed by atoms with Crippen LogP contribution in [0.2, 0.25) is 5.02 Å². The average molecular weight is 420 g/mol. The van der Waals surface area contributed by atoms with Crippen molar-refractivity contribution in [3.63, 3.8) is 0 Å². The number of sulfonamides is 1. The van der Waals surface area contributed by atoms with Crippen molar-refractivity contribution in [2.75, 3.05) is 47.7 Å². The smallest absolute Gasteiger partial charge is 0.253 e. The molecule has 0 aromatic heterocycles. The Morgan fingerprint density at radius 2 is 1.57 bits per heavy atom. The zero-order valence-corrected chi connectivity index (χ0v) is 17.0. The highest BCUT2D eigenvalue weighted by atomic mass is 35.5. The third-order valence-electron chi connectivity index (χ3n) is 5.26. The molecule has 2 heterocycles. The van der Waals surface area contributed by atoms with Gasteiger partial charge >= 0.3 is 0 Å². The lowest BCUT2D eigenvalue weighted by molar-refractivity contribution is 0.0747. The Kier molecular flexibility index (Phi) is 5.21. The predicted octanol–water partition coefficient (Wildman–Crippen LogP) is 2.84. The van der Waals surface area contributed by atoms with Crippen molar-refractivity contribution in [2.45, 2.75) is 6.42 Å². The number of carbonyl (C=O) groups excluding carboxylic acids is 1. The molecule has 2 fully saturated rings. The van der Waals surface area contributed by atoms with Crippen molar-refractivity contribution in [1.82, 2.24) is 4.90 Å². The molecule has 0 atom stereocenters. The molecule has 6 nitrogen and oxygen atoms in total. The van der Waals surface area contributed by atoms with E-state index < -0.39 is 10.0 Å². The van der Waals surface area contributed by atoms with Gasteiger partial charge in [0.15, 0.2) is 0 Å². The second-order valence-corrected chi connectivity index (χ2v) is 9.44. The summed E-state index contributed by atoms with van der Waals surface area (Å²) in [5.41, 5.74) is 2.19. The minimum atomic E-state index is -3.21. The minimum absolute atomic E-state index is 0.0327. The van der Waals surface area contributed by atoms with E-state index in [9.17, 15) is 13.2 Å². The van der Waals surface area contributed by atoms with Crippen LogP contribution < -0.4 is 9.21 Å².